The van der Waals surface area contributed by atoms with Crippen molar-refractivity contribution < 1.29 is 44.6 Å². The molecule has 33 heavy (non-hydrogen) atoms. The van der Waals surface area contributed by atoms with E-state index in [4.69, 9.17) is 0 Å². The topological polar surface area (TPSA) is 18.5 Å². The largest absolute Gasteiger partial charge is 0.573 e. The summed E-state index contributed by atoms with van der Waals surface area (Å²) in [6.07, 6.45) is -4.58. The first-order valence-electron chi connectivity index (χ1n) is 10.5. The lowest BCUT2D eigenvalue weighted by Crippen LogP contribution is -2.25. The molecule has 0 aliphatic heterocycles. The molecule has 0 amide bonds. The molecule has 0 atom stereocenters. The first-order valence-corrected chi connectivity index (χ1v) is 10.5. The van der Waals surface area contributed by atoms with Crippen molar-refractivity contribution in [1.82, 2.24) is 0 Å². The van der Waals surface area contributed by atoms with Crippen LogP contribution in [0.3, 0.4) is 0 Å². The van der Waals surface area contributed by atoms with E-state index in [1.807, 2.05) is 0 Å². The number of halogens is 8. The molecule has 0 N–H and O–H groups in total. The van der Waals surface area contributed by atoms with Crippen LogP contribution in [-0.2, 0) is 6.11 Å². The molecule has 0 spiro atoms. The van der Waals surface area contributed by atoms with Crippen molar-refractivity contribution in [3.05, 3.63) is 58.9 Å². The minimum absolute atomic E-state index is 0.0155. The van der Waals surface area contributed by atoms with E-state index in [2.05, 4.69) is 16.4 Å². The second-order valence-corrected chi connectivity index (χ2v) is 8.10. The van der Waals surface area contributed by atoms with Gasteiger partial charge in [0.15, 0.2) is 23.2 Å². The van der Waals surface area contributed by atoms with E-state index in [-0.39, 0.29) is 17.5 Å². The average molecular weight is 482 g/mol. The summed E-state index contributed by atoms with van der Waals surface area (Å²) in [6, 6.07) is 3.06. The van der Waals surface area contributed by atoms with Crippen LogP contribution in [0.25, 0.3) is 0 Å². The summed E-state index contributed by atoms with van der Waals surface area (Å²) in [6.45, 7) is 2.07. The Hall–Kier alpha value is -2.52. The van der Waals surface area contributed by atoms with Crippen LogP contribution in [0.15, 0.2) is 30.3 Å². The smallest absolute Gasteiger partial charge is 0.429 e. The van der Waals surface area contributed by atoms with Gasteiger partial charge in [-0.15, -0.1) is 13.2 Å². The van der Waals surface area contributed by atoms with Crippen molar-refractivity contribution >= 4 is 0 Å². The number of hydrogen-bond donors (Lipinski definition) is 0. The molecule has 10 heteroatoms. The van der Waals surface area contributed by atoms with E-state index >= 15 is 0 Å². The molecule has 1 fully saturated rings. The number of benzene rings is 2. The van der Waals surface area contributed by atoms with Gasteiger partial charge < -0.3 is 9.47 Å². The maximum Gasteiger partial charge on any atom is 0.573 e. The summed E-state index contributed by atoms with van der Waals surface area (Å²) in [5.74, 6) is -6.73. The predicted molar refractivity (Wildman–Crippen MR) is 104 cm³/mol. The fourth-order valence-corrected chi connectivity index (χ4v) is 4.23. The molecule has 0 aromatic heterocycles. The van der Waals surface area contributed by atoms with Gasteiger partial charge in [0.25, 0.3) is 0 Å². The lowest BCUT2D eigenvalue weighted by molar-refractivity contribution is -0.275. The van der Waals surface area contributed by atoms with Gasteiger partial charge in [0.2, 0.25) is 0 Å². The Kier molecular flexibility index (Phi) is 7.43. The SMILES string of the molecule is CCCC1CCC(c2ccc(C(F)(F)Oc3ccc(OC(F)(F)F)c(F)c3)c(F)c2F)CC1. The Morgan fingerprint density at radius 2 is 1.52 bits per heavy atom. The second-order valence-electron chi connectivity index (χ2n) is 8.10. The lowest BCUT2D eigenvalue weighted by Gasteiger charge is -2.29. The third kappa shape index (κ3) is 6.09. The van der Waals surface area contributed by atoms with E-state index in [0.29, 0.717) is 37.0 Å². The highest BCUT2D eigenvalue weighted by molar-refractivity contribution is 5.35. The molecule has 0 saturated heterocycles. The lowest BCUT2D eigenvalue weighted by atomic mass is 9.77. The molecular formula is C23H22F8O2. The zero-order valence-corrected chi connectivity index (χ0v) is 17.6. The van der Waals surface area contributed by atoms with Crippen LogP contribution >= 0.6 is 0 Å². The summed E-state index contributed by atoms with van der Waals surface area (Å²) in [5, 5.41) is 0. The molecule has 0 bridgehead atoms. The normalized spacial score (nSPS) is 19.4. The first-order chi connectivity index (χ1) is 15.4. The fraction of sp³-hybridized carbons (Fsp3) is 0.478. The Labute approximate surface area is 185 Å². The molecule has 182 valence electrons. The Bertz CT molecular complexity index is 966. The molecular weight excluding hydrogens is 460 g/mol. The van der Waals surface area contributed by atoms with Crippen molar-refractivity contribution in [2.24, 2.45) is 5.92 Å². The molecule has 2 aromatic carbocycles. The van der Waals surface area contributed by atoms with Gasteiger partial charge >= 0.3 is 12.5 Å². The highest BCUT2D eigenvalue weighted by Gasteiger charge is 2.40. The predicted octanol–water partition coefficient (Wildman–Crippen LogP) is 8.20. The van der Waals surface area contributed by atoms with Gasteiger partial charge in [-0.05, 0) is 61.3 Å². The molecule has 2 aromatic rings. The molecule has 2 nitrogen and oxygen atoms in total. The van der Waals surface area contributed by atoms with Gasteiger partial charge in [-0.1, -0.05) is 25.8 Å². The molecule has 1 saturated carbocycles. The maximum absolute atomic E-state index is 14.7. The van der Waals surface area contributed by atoms with Crippen LogP contribution in [0.2, 0.25) is 0 Å². The van der Waals surface area contributed by atoms with Crippen LogP contribution in [0.4, 0.5) is 35.1 Å². The van der Waals surface area contributed by atoms with Crippen LogP contribution in [-0.4, -0.2) is 6.36 Å². The number of ether oxygens (including phenoxy) is 2. The standard InChI is InChI=1S/C23H22F8O2/c1-2-3-13-4-6-14(7-5-13)16-9-10-17(21(26)20(16)25)22(27,28)32-15-8-11-19(18(24)12-15)33-23(29,30)31/h8-14H,2-7H2,1H3. The number of hydrogen-bond acceptors (Lipinski definition) is 2. The van der Waals surface area contributed by atoms with Crippen molar-refractivity contribution in [2.75, 3.05) is 0 Å². The molecule has 1 aliphatic carbocycles. The number of rotatable bonds is 7. The average Bonchev–Trinajstić information content (AvgIpc) is 2.72. The zero-order valence-electron chi connectivity index (χ0n) is 17.6. The fourth-order valence-electron chi connectivity index (χ4n) is 4.23. The van der Waals surface area contributed by atoms with E-state index in [9.17, 15) is 35.1 Å². The summed E-state index contributed by atoms with van der Waals surface area (Å²) in [4.78, 5) is 0. The molecule has 0 heterocycles. The van der Waals surface area contributed by atoms with E-state index < -0.39 is 47.0 Å². The van der Waals surface area contributed by atoms with Gasteiger partial charge in [0.1, 0.15) is 11.3 Å². The third-order valence-corrected chi connectivity index (χ3v) is 5.78. The maximum atomic E-state index is 14.7. The minimum atomic E-state index is -5.19. The molecule has 0 radical (unpaired) electrons. The number of alkyl halides is 5. The summed E-state index contributed by atoms with van der Waals surface area (Å²) in [7, 11) is 0. The van der Waals surface area contributed by atoms with E-state index in [1.54, 1.807) is 0 Å². The summed E-state index contributed by atoms with van der Waals surface area (Å²) < 4.78 is 116. The van der Waals surface area contributed by atoms with Gasteiger partial charge in [-0.25, -0.2) is 13.2 Å². The quantitative estimate of drug-likeness (QED) is 0.370. The van der Waals surface area contributed by atoms with Crippen LogP contribution < -0.4 is 9.47 Å². The minimum Gasteiger partial charge on any atom is -0.429 e. The molecule has 0 unspecified atom stereocenters. The van der Waals surface area contributed by atoms with Crippen LogP contribution in [0, 0.1) is 23.4 Å². The van der Waals surface area contributed by atoms with Crippen molar-refractivity contribution in [3.8, 4) is 11.5 Å². The summed E-state index contributed by atoms with van der Waals surface area (Å²) >= 11 is 0. The molecule has 3 rings (SSSR count). The second kappa shape index (κ2) is 9.77. The highest BCUT2D eigenvalue weighted by Crippen LogP contribution is 2.41. The van der Waals surface area contributed by atoms with Gasteiger partial charge in [-0.3, -0.25) is 0 Å². The summed E-state index contributed by atoms with van der Waals surface area (Å²) in [5.41, 5.74) is -1.39. The monoisotopic (exact) mass is 482 g/mol. The Balaban J connectivity index is 1.77. The van der Waals surface area contributed by atoms with Crippen LogP contribution in [0.1, 0.15) is 62.5 Å². The zero-order chi connectivity index (χ0) is 24.4. The van der Waals surface area contributed by atoms with Crippen molar-refractivity contribution in [3.63, 3.8) is 0 Å². The van der Waals surface area contributed by atoms with E-state index in [0.717, 1.165) is 31.7 Å². The molecule has 1 aliphatic rings. The Morgan fingerprint density at radius 1 is 0.848 bits per heavy atom. The highest BCUT2D eigenvalue weighted by atomic mass is 19.4. The van der Waals surface area contributed by atoms with E-state index in [1.165, 1.54) is 0 Å². The van der Waals surface area contributed by atoms with Gasteiger partial charge in [0.05, 0.1) is 0 Å². The van der Waals surface area contributed by atoms with Gasteiger partial charge in [0, 0.05) is 6.07 Å². The van der Waals surface area contributed by atoms with Gasteiger partial charge in [-0.2, -0.15) is 8.78 Å². The Morgan fingerprint density at radius 3 is 2.09 bits per heavy atom. The third-order valence-electron chi connectivity index (χ3n) is 5.78. The van der Waals surface area contributed by atoms with Crippen molar-refractivity contribution in [1.29, 1.82) is 0 Å². The van der Waals surface area contributed by atoms with Crippen LogP contribution in [0.5, 0.6) is 11.5 Å². The first kappa shape index (κ1) is 25.1. The van der Waals surface area contributed by atoms with Crippen molar-refractivity contribution in [2.45, 2.75) is 63.8 Å².